The van der Waals surface area contributed by atoms with Gasteiger partial charge >= 0.3 is 6.18 Å². The molecule has 0 spiro atoms. The van der Waals surface area contributed by atoms with Crippen LogP contribution in [0.3, 0.4) is 0 Å². The molecule has 3 nitrogen and oxygen atoms in total. The third kappa shape index (κ3) is 5.77. The lowest BCUT2D eigenvalue weighted by molar-refractivity contribution is -0.174. The first-order chi connectivity index (χ1) is 8.38. The van der Waals surface area contributed by atoms with Crippen molar-refractivity contribution in [1.29, 1.82) is 0 Å². The summed E-state index contributed by atoms with van der Waals surface area (Å²) in [6.07, 6.45) is -3.90. The maximum atomic E-state index is 11.7. The monoisotopic (exact) mass is 263 g/mol. The van der Waals surface area contributed by atoms with Crippen molar-refractivity contribution in [3.8, 4) is 5.75 Å². The summed E-state index contributed by atoms with van der Waals surface area (Å²) in [6.45, 7) is 0.960. The smallest absolute Gasteiger partial charge is 0.411 e. The third-order valence-corrected chi connectivity index (χ3v) is 2.12. The maximum absolute atomic E-state index is 11.7. The Morgan fingerprint density at radius 1 is 1.22 bits per heavy atom. The first-order valence-electron chi connectivity index (χ1n) is 5.52. The van der Waals surface area contributed by atoms with E-state index in [9.17, 15) is 13.2 Å². The highest BCUT2D eigenvalue weighted by molar-refractivity contribution is 5.53. The summed E-state index contributed by atoms with van der Waals surface area (Å²) >= 11 is 0. The molecular weight excluding hydrogens is 247 g/mol. The Bertz CT molecular complexity index is 380. The molecule has 0 aliphatic carbocycles. The predicted octanol–water partition coefficient (Wildman–Crippen LogP) is 2.93. The van der Waals surface area contributed by atoms with Gasteiger partial charge in [0.1, 0.15) is 12.4 Å². The Morgan fingerprint density at radius 2 is 1.94 bits per heavy atom. The highest BCUT2D eigenvalue weighted by Crippen LogP contribution is 2.22. The lowest BCUT2D eigenvalue weighted by Crippen LogP contribution is -2.18. The van der Waals surface area contributed by atoms with Crippen LogP contribution < -0.4 is 10.5 Å². The van der Waals surface area contributed by atoms with Crippen LogP contribution in [0.5, 0.6) is 5.75 Å². The van der Waals surface area contributed by atoms with Crippen LogP contribution in [0, 0.1) is 6.92 Å². The van der Waals surface area contributed by atoms with E-state index in [0.29, 0.717) is 17.9 Å². The van der Waals surface area contributed by atoms with Crippen molar-refractivity contribution in [3.05, 3.63) is 23.8 Å². The molecule has 0 unspecified atom stereocenters. The van der Waals surface area contributed by atoms with Gasteiger partial charge < -0.3 is 15.2 Å². The minimum Gasteiger partial charge on any atom is -0.491 e. The highest BCUT2D eigenvalue weighted by Gasteiger charge is 2.27. The number of hydrogen-bond acceptors (Lipinski definition) is 3. The first-order valence-corrected chi connectivity index (χ1v) is 5.52. The van der Waals surface area contributed by atoms with E-state index < -0.39 is 12.8 Å². The van der Waals surface area contributed by atoms with Gasteiger partial charge in [-0.1, -0.05) is 6.07 Å². The van der Waals surface area contributed by atoms with Crippen molar-refractivity contribution in [3.63, 3.8) is 0 Å². The average molecular weight is 263 g/mol. The van der Waals surface area contributed by atoms with E-state index in [1.807, 2.05) is 13.0 Å². The molecule has 0 saturated carbocycles. The van der Waals surface area contributed by atoms with Crippen molar-refractivity contribution in [1.82, 2.24) is 0 Å². The number of halogens is 3. The van der Waals surface area contributed by atoms with Crippen LogP contribution in [0.1, 0.15) is 12.0 Å². The minimum atomic E-state index is -4.28. The molecule has 0 aliphatic rings. The van der Waals surface area contributed by atoms with Gasteiger partial charge in [-0.25, -0.2) is 0 Å². The molecule has 0 aromatic heterocycles. The molecule has 0 bridgehead atoms. The van der Waals surface area contributed by atoms with E-state index >= 15 is 0 Å². The van der Waals surface area contributed by atoms with Gasteiger partial charge in [-0.3, -0.25) is 0 Å². The Kier molecular flexibility index (Phi) is 5.27. The van der Waals surface area contributed by atoms with Crippen LogP contribution >= 0.6 is 0 Å². The number of ether oxygens (including phenoxy) is 2. The molecule has 0 saturated heterocycles. The van der Waals surface area contributed by atoms with Crippen molar-refractivity contribution >= 4 is 5.69 Å². The predicted molar refractivity (Wildman–Crippen MR) is 62.6 cm³/mol. The second kappa shape index (κ2) is 6.49. The molecule has 0 fully saturated rings. The van der Waals surface area contributed by atoms with Crippen LogP contribution in [0.4, 0.5) is 18.9 Å². The van der Waals surface area contributed by atoms with E-state index in [1.54, 1.807) is 12.1 Å². The van der Waals surface area contributed by atoms with E-state index in [2.05, 4.69) is 4.74 Å². The number of benzene rings is 1. The fraction of sp³-hybridized carbons (Fsp3) is 0.500. The van der Waals surface area contributed by atoms with E-state index in [4.69, 9.17) is 10.5 Å². The van der Waals surface area contributed by atoms with Crippen LogP contribution in [0.2, 0.25) is 0 Å². The number of rotatable bonds is 6. The van der Waals surface area contributed by atoms with E-state index in [1.165, 1.54) is 0 Å². The van der Waals surface area contributed by atoms with Gasteiger partial charge in [0.05, 0.1) is 18.9 Å². The SMILES string of the molecule is Cc1ccc(OCCCOCC(F)(F)F)c(N)c1. The molecular formula is C12H16F3NO2. The number of aryl methyl sites for hydroxylation is 1. The topological polar surface area (TPSA) is 44.5 Å². The molecule has 102 valence electrons. The minimum absolute atomic E-state index is 0.00523. The van der Waals surface area contributed by atoms with Gasteiger partial charge in [-0.2, -0.15) is 13.2 Å². The number of hydrogen-bond donors (Lipinski definition) is 1. The molecule has 18 heavy (non-hydrogen) atoms. The molecule has 6 heteroatoms. The summed E-state index contributed by atoms with van der Waals surface area (Å²) in [5.41, 5.74) is 7.26. The Morgan fingerprint density at radius 3 is 2.56 bits per heavy atom. The Hall–Kier alpha value is -1.43. The molecule has 0 heterocycles. The summed E-state index contributed by atoms with van der Waals surface area (Å²) in [5, 5.41) is 0. The summed E-state index contributed by atoms with van der Waals surface area (Å²) in [4.78, 5) is 0. The molecule has 2 N–H and O–H groups in total. The second-order valence-corrected chi connectivity index (χ2v) is 3.91. The normalized spacial score (nSPS) is 11.6. The number of nitrogen functional groups attached to an aromatic ring is 1. The molecule has 1 rings (SSSR count). The van der Waals surface area contributed by atoms with Crippen LogP contribution in [-0.2, 0) is 4.74 Å². The molecule has 1 aromatic carbocycles. The molecule has 0 radical (unpaired) electrons. The fourth-order valence-electron chi connectivity index (χ4n) is 1.33. The van der Waals surface area contributed by atoms with Gasteiger partial charge in [0, 0.05) is 6.42 Å². The summed E-state index contributed by atoms with van der Waals surface area (Å²) < 4.78 is 45.0. The second-order valence-electron chi connectivity index (χ2n) is 3.91. The average Bonchev–Trinajstić information content (AvgIpc) is 2.24. The number of alkyl halides is 3. The summed E-state index contributed by atoms with van der Waals surface area (Å²) in [7, 11) is 0. The fourth-order valence-corrected chi connectivity index (χ4v) is 1.33. The lowest BCUT2D eigenvalue weighted by Gasteiger charge is -2.10. The van der Waals surface area contributed by atoms with Crippen LogP contribution in [0.25, 0.3) is 0 Å². The Balaban J connectivity index is 2.18. The maximum Gasteiger partial charge on any atom is 0.411 e. The van der Waals surface area contributed by atoms with Crippen molar-refractivity contribution in [2.24, 2.45) is 0 Å². The first kappa shape index (κ1) is 14.6. The number of nitrogens with two attached hydrogens (primary N) is 1. The highest BCUT2D eigenvalue weighted by atomic mass is 19.4. The van der Waals surface area contributed by atoms with Crippen LogP contribution in [0.15, 0.2) is 18.2 Å². The van der Waals surface area contributed by atoms with Gasteiger partial charge in [0.2, 0.25) is 0 Å². The lowest BCUT2D eigenvalue weighted by atomic mass is 10.2. The van der Waals surface area contributed by atoms with Gasteiger partial charge in [0.25, 0.3) is 0 Å². The zero-order valence-electron chi connectivity index (χ0n) is 10.1. The van der Waals surface area contributed by atoms with Gasteiger partial charge in [-0.15, -0.1) is 0 Å². The quantitative estimate of drug-likeness (QED) is 0.634. The molecule has 0 atom stereocenters. The van der Waals surface area contributed by atoms with Crippen molar-refractivity contribution in [2.45, 2.75) is 19.5 Å². The van der Waals surface area contributed by atoms with Crippen LogP contribution in [-0.4, -0.2) is 26.0 Å². The largest absolute Gasteiger partial charge is 0.491 e. The van der Waals surface area contributed by atoms with Crippen molar-refractivity contribution < 1.29 is 22.6 Å². The zero-order valence-corrected chi connectivity index (χ0v) is 10.1. The molecule has 0 amide bonds. The van der Waals surface area contributed by atoms with Crippen molar-refractivity contribution in [2.75, 3.05) is 25.6 Å². The summed E-state index contributed by atoms with van der Waals surface area (Å²) in [6, 6.07) is 5.36. The van der Waals surface area contributed by atoms with E-state index in [0.717, 1.165) is 5.56 Å². The Labute approximate surface area is 104 Å². The van der Waals surface area contributed by atoms with E-state index in [-0.39, 0.29) is 13.2 Å². The molecule has 0 aliphatic heterocycles. The summed E-state index contributed by atoms with van der Waals surface area (Å²) in [5.74, 6) is 0.538. The third-order valence-electron chi connectivity index (χ3n) is 2.12. The number of anilines is 1. The zero-order chi connectivity index (χ0) is 13.6. The standard InChI is InChI=1S/C12H16F3NO2/c1-9-3-4-11(10(16)7-9)18-6-2-5-17-8-12(13,14)15/h3-4,7H,2,5-6,8,16H2,1H3. The van der Waals surface area contributed by atoms with Gasteiger partial charge in [0.15, 0.2) is 0 Å². The molecule has 1 aromatic rings. The van der Waals surface area contributed by atoms with Gasteiger partial charge in [-0.05, 0) is 24.6 Å².